The Labute approximate surface area is 113 Å². The first-order valence-corrected chi connectivity index (χ1v) is 7.33. The molecule has 2 aromatic rings. The van der Waals surface area contributed by atoms with Gasteiger partial charge in [-0.3, -0.25) is 4.31 Å². The van der Waals surface area contributed by atoms with Gasteiger partial charge in [0.05, 0.1) is 11.9 Å². The zero-order valence-electron chi connectivity index (χ0n) is 11.4. The third-order valence-corrected chi connectivity index (χ3v) is 4.58. The largest absolute Gasteiger partial charge is 0.332 e. The molecule has 102 valence electrons. The van der Waals surface area contributed by atoms with Crippen LogP contribution >= 0.6 is 0 Å². The molecule has 0 radical (unpaired) electrons. The molecule has 1 aromatic carbocycles. The van der Waals surface area contributed by atoms with Crippen LogP contribution in [0, 0.1) is 20.8 Å². The first-order chi connectivity index (χ1) is 8.80. The Bertz CT molecular complexity index is 684. The van der Waals surface area contributed by atoms with Crippen molar-refractivity contribution in [2.75, 3.05) is 11.4 Å². The number of aromatic nitrogens is 2. The summed E-state index contributed by atoms with van der Waals surface area (Å²) in [6.45, 7) is 5.60. The normalized spacial score (nSPS) is 11.6. The molecule has 0 bridgehead atoms. The first-order valence-electron chi connectivity index (χ1n) is 5.89. The van der Waals surface area contributed by atoms with E-state index in [0.717, 1.165) is 11.1 Å². The maximum absolute atomic E-state index is 12.4. The predicted octanol–water partition coefficient (Wildman–Crippen LogP) is 2.16. The van der Waals surface area contributed by atoms with Crippen LogP contribution in [0.4, 0.5) is 5.69 Å². The van der Waals surface area contributed by atoms with Crippen LogP contribution in [0.1, 0.15) is 17.0 Å². The van der Waals surface area contributed by atoms with Gasteiger partial charge in [0.1, 0.15) is 5.82 Å². The number of imidazole rings is 1. The van der Waals surface area contributed by atoms with Gasteiger partial charge in [-0.05, 0) is 44.0 Å². The molecule has 0 atom stereocenters. The zero-order valence-corrected chi connectivity index (χ0v) is 12.2. The van der Waals surface area contributed by atoms with Gasteiger partial charge < -0.3 is 4.98 Å². The van der Waals surface area contributed by atoms with Gasteiger partial charge in [0.15, 0.2) is 5.03 Å². The van der Waals surface area contributed by atoms with Gasteiger partial charge in [-0.25, -0.2) is 4.98 Å². The second kappa shape index (κ2) is 4.70. The number of aromatic amines is 1. The van der Waals surface area contributed by atoms with Gasteiger partial charge in [0.2, 0.25) is 0 Å². The lowest BCUT2D eigenvalue weighted by Crippen LogP contribution is -2.27. The van der Waals surface area contributed by atoms with E-state index in [4.69, 9.17) is 0 Å². The van der Waals surface area contributed by atoms with E-state index in [0.29, 0.717) is 11.5 Å². The molecular formula is C13H17N3O2S. The number of rotatable bonds is 3. The quantitative estimate of drug-likeness (QED) is 0.936. The molecule has 0 unspecified atom stereocenters. The van der Waals surface area contributed by atoms with Gasteiger partial charge in [-0.15, -0.1) is 0 Å². The van der Waals surface area contributed by atoms with E-state index in [-0.39, 0.29) is 5.03 Å². The molecule has 6 heteroatoms. The number of anilines is 1. The molecule has 1 N–H and O–H groups in total. The third kappa shape index (κ3) is 2.63. The SMILES string of the molecule is Cc1cc(C)cc(N(C)S(=O)(=O)c2cnc(C)[nH]2)c1. The van der Waals surface area contributed by atoms with Crippen molar-refractivity contribution in [1.82, 2.24) is 9.97 Å². The van der Waals surface area contributed by atoms with Crippen LogP contribution in [0.25, 0.3) is 0 Å². The van der Waals surface area contributed by atoms with Crippen molar-refractivity contribution in [3.05, 3.63) is 41.3 Å². The molecule has 0 saturated carbocycles. The molecule has 0 aliphatic rings. The summed E-state index contributed by atoms with van der Waals surface area (Å²) < 4.78 is 26.1. The van der Waals surface area contributed by atoms with Crippen LogP contribution < -0.4 is 4.31 Å². The minimum atomic E-state index is -3.59. The van der Waals surface area contributed by atoms with Crippen LogP contribution in [-0.4, -0.2) is 25.4 Å². The fourth-order valence-electron chi connectivity index (χ4n) is 1.95. The summed E-state index contributed by atoms with van der Waals surface area (Å²) >= 11 is 0. The van der Waals surface area contributed by atoms with Crippen molar-refractivity contribution in [1.29, 1.82) is 0 Å². The Hall–Kier alpha value is -1.82. The Balaban J connectivity index is 2.46. The lowest BCUT2D eigenvalue weighted by molar-refractivity contribution is 0.591. The number of H-pyrrole nitrogens is 1. The fourth-order valence-corrected chi connectivity index (χ4v) is 3.09. The number of aryl methyl sites for hydroxylation is 3. The Kier molecular flexibility index (Phi) is 3.36. The average Bonchev–Trinajstić information content (AvgIpc) is 2.74. The average molecular weight is 279 g/mol. The summed E-state index contributed by atoms with van der Waals surface area (Å²) in [5.41, 5.74) is 2.69. The smallest absolute Gasteiger partial charge is 0.281 e. The molecule has 0 aliphatic carbocycles. The number of benzene rings is 1. The Morgan fingerprint density at radius 3 is 2.16 bits per heavy atom. The number of sulfonamides is 1. The van der Waals surface area contributed by atoms with E-state index in [1.165, 1.54) is 10.5 Å². The topological polar surface area (TPSA) is 66.1 Å². The monoisotopic (exact) mass is 279 g/mol. The Morgan fingerprint density at radius 2 is 1.68 bits per heavy atom. The van der Waals surface area contributed by atoms with Gasteiger partial charge in [-0.1, -0.05) is 6.07 Å². The molecule has 0 spiro atoms. The number of nitrogens with zero attached hydrogens (tertiary/aromatic N) is 2. The Morgan fingerprint density at radius 1 is 1.11 bits per heavy atom. The molecular weight excluding hydrogens is 262 g/mol. The highest BCUT2D eigenvalue weighted by molar-refractivity contribution is 7.92. The van der Waals surface area contributed by atoms with Crippen molar-refractivity contribution in [3.63, 3.8) is 0 Å². The van der Waals surface area contributed by atoms with Gasteiger partial charge in [0.25, 0.3) is 10.0 Å². The minimum Gasteiger partial charge on any atom is -0.332 e. The zero-order chi connectivity index (χ0) is 14.2. The summed E-state index contributed by atoms with van der Waals surface area (Å²) in [6.07, 6.45) is 1.34. The van der Waals surface area contributed by atoms with E-state index in [9.17, 15) is 8.42 Å². The predicted molar refractivity (Wildman–Crippen MR) is 74.8 cm³/mol. The van der Waals surface area contributed by atoms with Crippen molar-refractivity contribution in [3.8, 4) is 0 Å². The molecule has 0 amide bonds. The van der Waals surface area contributed by atoms with E-state index < -0.39 is 10.0 Å². The highest BCUT2D eigenvalue weighted by atomic mass is 32.2. The maximum atomic E-state index is 12.4. The van der Waals surface area contributed by atoms with Crippen LogP contribution in [0.2, 0.25) is 0 Å². The first kappa shape index (κ1) is 13.6. The van der Waals surface area contributed by atoms with Crippen LogP contribution in [-0.2, 0) is 10.0 Å². The van der Waals surface area contributed by atoms with Crippen molar-refractivity contribution in [2.45, 2.75) is 25.8 Å². The standard InChI is InChI=1S/C13H17N3O2S/c1-9-5-10(2)7-12(6-9)16(4)19(17,18)13-8-14-11(3)15-13/h5-8H,1-4H3,(H,14,15). The molecule has 1 aromatic heterocycles. The number of hydrogen-bond donors (Lipinski definition) is 1. The van der Waals surface area contributed by atoms with Crippen LogP contribution in [0.3, 0.4) is 0 Å². The minimum absolute atomic E-state index is 0.103. The molecule has 0 fully saturated rings. The summed E-state index contributed by atoms with van der Waals surface area (Å²) in [5, 5.41) is 0.103. The molecule has 5 nitrogen and oxygen atoms in total. The van der Waals surface area contributed by atoms with Gasteiger partial charge in [-0.2, -0.15) is 8.42 Å². The third-order valence-electron chi connectivity index (χ3n) is 2.89. The number of hydrogen-bond acceptors (Lipinski definition) is 3. The second-order valence-corrected chi connectivity index (χ2v) is 6.59. The molecule has 0 aliphatic heterocycles. The lowest BCUT2D eigenvalue weighted by Gasteiger charge is -2.19. The summed E-state index contributed by atoms with van der Waals surface area (Å²) in [5.74, 6) is 0.576. The van der Waals surface area contributed by atoms with Crippen LogP contribution in [0.15, 0.2) is 29.4 Å². The highest BCUT2D eigenvalue weighted by Gasteiger charge is 2.23. The van der Waals surface area contributed by atoms with Crippen molar-refractivity contribution >= 4 is 15.7 Å². The lowest BCUT2D eigenvalue weighted by atomic mass is 10.1. The van der Waals surface area contributed by atoms with E-state index in [1.54, 1.807) is 14.0 Å². The fraction of sp³-hybridized carbons (Fsp3) is 0.308. The van der Waals surface area contributed by atoms with E-state index in [1.807, 2.05) is 32.0 Å². The highest BCUT2D eigenvalue weighted by Crippen LogP contribution is 2.23. The van der Waals surface area contributed by atoms with Crippen LogP contribution in [0.5, 0.6) is 0 Å². The maximum Gasteiger partial charge on any atom is 0.281 e. The van der Waals surface area contributed by atoms with Gasteiger partial charge in [0, 0.05) is 7.05 Å². The van der Waals surface area contributed by atoms with E-state index >= 15 is 0 Å². The van der Waals surface area contributed by atoms with Crippen molar-refractivity contribution < 1.29 is 8.42 Å². The second-order valence-electron chi connectivity index (χ2n) is 4.65. The number of nitrogens with one attached hydrogen (secondary N) is 1. The molecule has 19 heavy (non-hydrogen) atoms. The molecule has 0 saturated heterocycles. The summed E-state index contributed by atoms with van der Waals surface area (Å²) in [6, 6.07) is 5.69. The van der Waals surface area contributed by atoms with E-state index in [2.05, 4.69) is 9.97 Å². The summed E-state index contributed by atoms with van der Waals surface area (Å²) in [7, 11) is -2.05. The van der Waals surface area contributed by atoms with Crippen molar-refractivity contribution in [2.24, 2.45) is 0 Å². The summed E-state index contributed by atoms with van der Waals surface area (Å²) in [4.78, 5) is 6.69. The molecule has 2 rings (SSSR count). The molecule has 1 heterocycles. The van der Waals surface area contributed by atoms with Gasteiger partial charge >= 0.3 is 0 Å².